The number of aromatic amines is 1. The number of aromatic nitrogens is 3. The van der Waals surface area contributed by atoms with Gasteiger partial charge in [0.25, 0.3) is 17.9 Å². The molecule has 2 N–H and O–H groups in total. The summed E-state index contributed by atoms with van der Waals surface area (Å²) >= 11 is 0. The molecule has 0 fully saturated rings. The molecule has 0 aliphatic heterocycles. The predicted octanol–water partition coefficient (Wildman–Crippen LogP) is 1.78. The Morgan fingerprint density at radius 3 is 2.74 bits per heavy atom. The SMILES string of the molecule is O=C(NCc1cc(C(F)F)no1)c1n[nH]c(=O)c2ccccc12. The minimum Gasteiger partial charge on any atom is -0.359 e. The van der Waals surface area contributed by atoms with Crippen LogP contribution in [0, 0.1) is 0 Å². The lowest BCUT2D eigenvalue weighted by Gasteiger charge is -2.05. The van der Waals surface area contributed by atoms with Crippen molar-refractivity contribution >= 4 is 16.7 Å². The number of carbonyl (C=O) groups excluding carboxylic acids is 1. The molecular weight excluding hydrogens is 310 g/mol. The molecule has 1 aromatic carbocycles. The molecule has 0 unspecified atom stereocenters. The third kappa shape index (κ3) is 2.93. The molecule has 2 aromatic heterocycles. The van der Waals surface area contributed by atoms with Crippen molar-refractivity contribution in [3.8, 4) is 0 Å². The lowest BCUT2D eigenvalue weighted by molar-refractivity contribution is 0.0942. The molecule has 9 heteroatoms. The van der Waals surface area contributed by atoms with Gasteiger partial charge in [-0.05, 0) is 6.07 Å². The molecule has 0 spiro atoms. The van der Waals surface area contributed by atoms with Gasteiger partial charge in [0.15, 0.2) is 11.5 Å². The van der Waals surface area contributed by atoms with Gasteiger partial charge in [-0.15, -0.1) is 0 Å². The zero-order valence-corrected chi connectivity index (χ0v) is 11.5. The molecule has 0 saturated heterocycles. The van der Waals surface area contributed by atoms with E-state index in [1.54, 1.807) is 24.3 Å². The van der Waals surface area contributed by atoms with Gasteiger partial charge in [0.1, 0.15) is 5.69 Å². The number of rotatable bonds is 4. The molecule has 0 aliphatic carbocycles. The summed E-state index contributed by atoms with van der Waals surface area (Å²) in [6, 6.07) is 7.56. The minimum absolute atomic E-state index is 0.0220. The smallest absolute Gasteiger partial charge is 0.283 e. The van der Waals surface area contributed by atoms with Crippen LogP contribution < -0.4 is 10.9 Å². The zero-order chi connectivity index (χ0) is 16.4. The summed E-state index contributed by atoms with van der Waals surface area (Å²) in [4.78, 5) is 23.8. The highest BCUT2D eigenvalue weighted by molar-refractivity contribution is 6.04. The lowest BCUT2D eigenvalue weighted by atomic mass is 10.1. The van der Waals surface area contributed by atoms with Gasteiger partial charge in [-0.1, -0.05) is 23.4 Å². The molecule has 2 heterocycles. The molecule has 1 amide bonds. The van der Waals surface area contributed by atoms with E-state index in [0.717, 1.165) is 6.07 Å². The third-order valence-corrected chi connectivity index (χ3v) is 3.14. The van der Waals surface area contributed by atoms with Gasteiger partial charge in [0.2, 0.25) is 0 Å². The van der Waals surface area contributed by atoms with Crippen LogP contribution in [-0.4, -0.2) is 21.3 Å². The number of H-pyrrole nitrogens is 1. The van der Waals surface area contributed by atoms with Crippen LogP contribution in [0.4, 0.5) is 8.78 Å². The minimum atomic E-state index is -2.74. The topological polar surface area (TPSA) is 101 Å². The number of alkyl halides is 2. The van der Waals surface area contributed by atoms with Crippen molar-refractivity contribution in [3.63, 3.8) is 0 Å². The molecule has 0 bridgehead atoms. The van der Waals surface area contributed by atoms with Crippen molar-refractivity contribution in [2.75, 3.05) is 0 Å². The van der Waals surface area contributed by atoms with Crippen molar-refractivity contribution in [1.29, 1.82) is 0 Å². The first-order valence-corrected chi connectivity index (χ1v) is 6.55. The second kappa shape index (κ2) is 5.95. The van der Waals surface area contributed by atoms with E-state index in [1.807, 2.05) is 0 Å². The summed E-state index contributed by atoms with van der Waals surface area (Å²) < 4.78 is 29.5. The molecule has 0 atom stereocenters. The Kier molecular flexibility index (Phi) is 3.83. The number of nitrogens with zero attached hydrogens (tertiary/aromatic N) is 2. The van der Waals surface area contributed by atoms with Crippen molar-refractivity contribution in [2.24, 2.45) is 0 Å². The van der Waals surface area contributed by atoms with Crippen LogP contribution in [0.5, 0.6) is 0 Å². The Balaban J connectivity index is 1.81. The van der Waals surface area contributed by atoms with Crippen molar-refractivity contribution in [3.05, 3.63) is 57.8 Å². The standard InChI is InChI=1S/C14H10F2N4O3/c15-12(16)10-5-7(23-20-10)6-17-14(22)11-8-3-1-2-4-9(8)13(21)19-18-11/h1-5,12H,6H2,(H,17,22)(H,19,21). The normalized spacial score (nSPS) is 11.1. The van der Waals surface area contributed by atoms with E-state index in [-0.39, 0.29) is 18.0 Å². The quantitative estimate of drug-likeness (QED) is 0.763. The van der Waals surface area contributed by atoms with Gasteiger partial charge in [-0.2, -0.15) is 5.10 Å². The predicted molar refractivity (Wildman–Crippen MR) is 75.0 cm³/mol. The Hall–Kier alpha value is -3.10. The Labute approximate surface area is 127 Å². The molecule has 0 radical (unpaired) electrons. The number of hydrogen-bond acceptors (Lipinski definition) is 5. The Bertz CT molecular complexity index is 920. The van der Waals surface area contributed by atoms with Crippen molar-refractivity contribution in [1.82, 2.24) is 20.7 Å². The number of carbonyl (C=O) groups is 1. The first-order chi connectivity index (χ1) is 11.1. The van der Waals surface area contributed by atoms with Gasteiger partial charge in [0, 0.05) is 11.5 Å². The monoisotopic (exact) mass is 320 g/mol. The van der Waals surface area contributed by atoms with Gasteiger partial charge in [-0.3, -0.25) is 9.59 Å². The molecule has 0 aliphatic rings. The van der Waals surface area contributed by atoms with Crippen LogP contribution >= 0.6 is 0 Å². The van der Waals surface area contributed by atoms with Crippen LogP contribution in [-0.2, 0) is 6.54 Å². The van der Waals surface area contributed by atoms with Crippen LogP contribution in [0.15, 0.2) is 39.6 Å². The van der Waals surface area contributed by atoms with Crippen molar-refractivity contribution in [2.45, 2.75) is 13.0 Å². The van der Waals surface area contributed by atoms with Crippen LogP contribution in [0.2, 0.25) is 0 Å². The lowest BCUT2D eigenvalue weighted by Crippen LogP contribution is -2.26. The van der Waals surface area contributed by atoms with Gasteiger partial charge in [-0.25, -0.2) is 13.9 Å². The highest BCUT2D eigenvalue weighted by Crippen LogP contribution is 2.18. The number of hydrogen-bond donors (Lipinski definition) is 2. The van der Waals surface area contributed by atoms with Crippen LogP contribution in [0.1, 0.15) is 28.4 Å². The zero-order valence-electron chi connectivity index (χ0n) is 11.5. The maximum Gasteiger partial charge on any atom is 0.283 e. The fourth-order valence-corrected chi connectivity index (χ4v) is 2.05. The number of amides is 1. The number of fused-ring (bicyclic) bond motifs is 1. The maximum absolute atomic E-state index is 12.4. The van der Waals surface area contributed by atoms with E-state index in [0.29, 0.717) is 10.8 Å². The largest absolute Gasteiger partial charge is 0.359 e. The Morgan fingerprint density at radius 1 is 1.30 bits per heavy atom. The summed E-state index contributed by atoms with van der Waals surface area (Å²) in [5, 5.41) is 12.4. The number of benzene rings is 1. The number of nitrogens with one attached hydrogen (secondary N) is 2. The van der Waals surface area contributed by atoms with Crippen LogP contribution in [0.3, 0.4) is 0 Å². The van der Waals surface area contributed by atoms with E-state index in [4.69, 9.17) is 4.52 Å². The van der Waals surface area contributed by atoms with E-state index >= 15 is 0 Å². The summed E-state index contributed by atoms with van der Waals surface area (Å²) in [5.74, 6) is -0.491. The summed E-state index contributed by atoms with van der Waals surface area (Å²) in [6.45, 7) is -0.131. The average Bonchev–Trinajstić information content (AvgIpc) is 3.02. The Morgan fingerprint density at radius 2 is 2.04 bits per heavy atom. The molecule has 3 aromatic rings. The molecular formula is C14H10F2N4O3. The highest BCUT2D eigenvalue weighted by Gasteiger charge is 2.16. The van der Waals surface area contributed by atoms with E-state index in [9.17, 15) is 18.4 Å². The average molecular weight is 320 g/mol. The van der Waals surface area contributed by atoms with Crippen LogP contribution in [0.25, 0.3) is 10.8 Å². The summed E-state index contributed by atoms with van der Waals surface area (Å²) in [7, 11) is 0. The number of halogens is 2. The maximum atomic E-state index is 12.4. The fraction of sp³-hybridized carbons (Fsp3) is 0.143. The third-order valence-electron chi connectivity index (χ3n) is 3.14. The van der Waals surface area contributed by atoms with Gasteiger partial charge >= 0.3 is 0 Å². The van der Waals surface area contributed by atoms with E-state index in [2.05, 4.69) is 20.7 Å². The van der Waals surface area contributed by atoms with Gasteiger partial charge in [0.05, 0.1) is 11.9 Å². The molecule has 7 nitrogen and oxygen atoms in total. The molecule has 0 saturated carbocycles. The highest BCUT2D eigenvalue weighted by atomic mass is 19.3. The first-order valence-electron chi connectivity index (χ1n) is 6.55. The van der Waals surface area contributed by atoms with Crippen molar-refractivity contribution < 1.29 is 18.1 Å². The second-order valence-electron chi connectivity index (χ2n) is 4.65. The van der Waals surface area contributed by atoms with Gasteiger partial charge < -0.3 is 9.84 Å². The van der Waals surface area contributed by atoms with E-state index < -0.39 is 23.6 Å². The summed E-state index contributed by atoms with van der Waals surface area (Å²) in [6.07, 6.45) is -2.74. The molecule has 23 heavy (non-hydrogen) atoms. The second-order valence-corrected chi connectivity index (χ2v) is 4.65. The summed E-state index contributed by atoms with van der Waals surface area (Å²) in [5.41, 5.74) is -0.885. The molecule has 118 valence electrons. The fourth-order valence-electron chi connectivity index (χ4n) is 2.05. The molecule has 3 rings (SSSR count). The first kappa shape index (κ1) is 14.8. The van der Waals surface area contributed by atoms with E-state index in [1.165, 1.54) is 0 Å².